The summed E-state index contributed by atoms with van der Waals surface area (Å²) in [4.78, 5) is 10.8. The fourth-order valence-corrected chi connectivity index (χ4v) is 0.972. The Bertz CT molecular complexity index is 171. The van der Waals surface area contributed by atoms with Gasteiger partial charge in [0.15, 0.2) is 5.78 Å². The highest BCUT2D eigenvalue weighted by molar-refractivity contribution is 5.79. The van der Waals surface area contributed by atoms with Gasteiger partial charge in [0.05, 0.1) is 6.61 Å². The van der Waals surface area contributed by atoms with Crippen LogP contribution >= 0.6 is 0 Å². The highest BCUT2D eigenvalue weighted by Gasteiger charge is 1.95. The number of carbonyl (C=O) groups excluding carboxylic acids is 1. The zero-order valence-electron chi connectivity index (χ0n) is 8.93. The van der Waals surface area contributed by atoms with Crippen LogP contribution in [0.4, 0.5) is 0 Å². The van der Waals surface area contributed by atoms with Gasteiger partial charge in [-0.25, -0.2) is 0 Å². The second-order valence-corrected chi connectivity index (χ2v) is 3.21. The van der Waals surface area contributed by atoms with Gasteiger partial charge in [0.1, 0.15) is 6.61 Å². The molecule has 0 heterocycles. The minimum atomic E-state index is 0.168. The van der Waals surface area contributed by atoms with Crippen molar-refractivity contribution in [3.63, 3.8) is 0 Å². The van der Waals surface area contributed by atoms with E-state index in [0.29, 0.717) is 13.0 Å². The maximum Gasteiger partial charge on any atom is 0.158 e. The fraction of sp³-hybridized carbons (Fsp3) is 0.727. The molecule has 13 heavy (non-hydrogen) atoms. The molecule has 0 bridgehead atoms. The Labute approximate surface area is 81.0 Å². The molecule has 0 atom stereocenters. The number of allylic oxidation sites excluding steroid dienone is 1. The quantitative estimate of drug-likeness (QED) is 0.449. The largest absolute Gasteiger partial charge is 0.370 e. The minimum absolute atomic E-state index is 0.168. The maximum absolute atomic E-state index is 10.8. The van der Waals surface area contributed by atoms with Crippen LogP contribution in [0.5, 0.6) is 0 Å². The highest BCUT2D eigenvalue weighted by Crippen LogP contribution is 2.02. The predicted octanol–water partition coefficient (Wildman–Crippen LogP) is 2.73. The summed E-state index contributed by atoms with van der Waals surface area (Å²) in [5.41, 5.74) is 1.34. The lowest BCUT2D eigenvalue weighted by Crippen LogP contribution is -2.06. The molecule has 0 aliphatic rings. The van der Waals surface area contributed by atoms with Crippen molar-refractivity contribution in [2.45, 2.75) is 40.0 Å². The Balaban J connectivity index is 3.43. The number of ketones is 1. The van der Waals surface area contributed by atoms with Crippen molar-refractivity contribution in [2.24, 2.45) is 0 Å². The van der Waals surface area contributed by atoms with Gasteiger partial charge >= 0.3 is 0 Å². The van der Waals surface area contributed by atoms with Crippen molar-refractivity contribution >= 4 is 5.78 Å². The number of rotatable bonds is 7. The molecule has 0 aromatic carbocycles. The van der Waals surface area contributed by atoms with Gasteiger partial charge in [-0.3, -0.25) is 4.79 Å². The van der Waals surface area contributed by atoms with E-state index >= 15 is 0 Å². The van der Waals surface area contributed by atoms with Gasteiger partial charge in [-0.05, 0) is 13.3 Å². The van der Waals surface area contributed by atoms with E-state index in [2.05, 4.69) is 13.8 Å². The molecule has 0 aliphatic carbocycles. The molecule has 0 rings (SSSR count). The Morgan fingerprint density at radius 1 is 1.38 bits per heavy atom. The Morgan fingerprint density at radius 3 is 2.62 bits per heavy atom. The number of hydrogen-bond acceptors (Lipinski definition) is 2. The molecule has 0 radical (unpaired) electrons. The van der Waals surface area contributed by atoms with E-state index in [-0.39, 0.29) is 12.4 Å². The van der Waals surface area contributed by atoms with E-state index in [1.54, 1.807) is 0 Å². The van der Waals surface area contributed by atoms with Gasteiger partial charge in [-0.2, -0.15) is 0 Å². The molecule has 0 aromatic heterocycles. The van der Waals surface area contributed by atoms with Crippen LogP contribution in [0.1, 0.15) is 40.0 Å². The first kappa shape index (κ1) is 12.4. The monoisotopic (exact) mass is 184 g/mol. The lowest BCUT2D eigenvalue weighted by molar-refractivity contribution is -0.122. The van der Waals surface area contributed by atoms with Crippen molar-refractivity contribution in [1.29, 1.82) is 0 Å². The molecule has 0 fully saturated rings. The van der Waals surface area contributed by atoms with Crippen LogP contribution in [0, 0.1) is 0 Å². The van der Waals surface area contributed by atoms with E-state index in [0.717, 1.165) is 12.8 Å². The molecule has 2 heteroatoms. The van der Waals surface area contributed by atoms with E-state index in [4.69, 9.17) is 4.74 Å². The Morgan fingerprint density at radius 2 is 2.08 bits per heavy atom. The van der Waals surface area contributed by atoms with Gasteiger partial charge in [0, 0.05) is 6.42 Å². The molecule has 0 saturated carbocycles. The molecule has 0 N–H and O–H groups in total. The summed E-state index contributed by atoms with van der Waals surface area (Å²) in [6.45, 7) is 6.92. The summed E-state index contributed by atoms with van der Waals surface area (Å²) < 4.78 is 5.18. The maximum atomic E-state index is 10.8. The summed E-state index contributed by atoms with van der Waals surface area (Å²) in [6.07, 6.45) is 4.89. The van der Waals surface area contributed by atoms with Crippen LogP contribution in [0.2, 0.25) is 0 Å². The number of carbonyl (C=O) groups is 1. The van der Waals surface area contributed by atoms with Gasteiger partial charge in [-0.1, -0.05) is 31.9 Å². The zero-order chi connectivity index (χ0) is 10.1. The molecule has 0 saturated heterocycles. The molecule has 0 spiro atoms. The fourth-order valence-electron chi connectivity index (χ4n) is 0.972. The van der Waals surface area contributed by atoms with E-state index in [1.807, 2.05) is 13.0 Å². The SMILES string of the molecule is CCC/C(C)=C/COCC(=O)CC. The number of hydrogen-bond donors (Lipinski definition) is 0. The summed E-state index contributed by atoms with van der Waals surface area (Å²) in [6, 6.07) is 0. The van der Waals surface area contributed by atoms with Gasteiger partial charge < -0.3 is 4.74 Å². The van der Waals surface area contributed by atoms with Crippen molar-refractivity contribution in [3.8, 4) is 0 Å². The lowest BCUT2D eigenvalue weighted by Gasteiger charge is -2.00. The molecule has 0 amide bonds. The Hall–Kier alpha value is -0.630. The third-order valence-electron chi connectivity index (χ3n) is 1.85. The van der Waals surface area contributed by atoms with Crippen LogP contribution < -0.4 is 0 Å². The van der Waals surface area contributed by atoms with Crippen molar-refractivity contribution < 1.29 is 9.53 Å². The third kappa shape index (κ3) is 7.72. The summed E-state index contributed by atoms with van der Waals surface area (Å²) >= 11 is 0. The minimum Gasteiger partial charge on any atom is -0.370 e. The normalized spacial score (nSPS) is 11.8. The van der Waals surface area contributed by atoms with Crippen molar-refractivity contribution in [3.05, 3.63) is 11.6 Å². The topological polar surface area (TPSA) is 26.3 Å². The molecule has 0 unspecified atom stereocenters. The molecule has 0 aromatic rings. The van der Waals surface area contributed by atoms with E-state index in [9.17, 15) is 4.79 Å². The average molecular weight is 184 g/mol. The van der Waals surface area contributed by atoms with E-state index < -0.39 is 0 Å². The van der Waals surface area contributed by atoms with E-state index in [1.165, 1.54) is 5.57 Å². The first-order valence-corrected chi connectivity index (χ1v) is 4.95. The third-order valence-corrected chi connectivity index (χ3v) is 1.85. The predicted molar refractivity (Wildman–Crippen MR) is 54.8 cm³/mol. The second-order valence-electron chi connectivity index (χ2n) is 3.21. The highest BCUT2D eigenvalue weighted by atomic mass is 16.5. The summed E-state index contributed by atoms with van der Waals surface area (Å²) in [5, 5.41) is 0. The van der Waals surface area contributed by atoms with Gasteiger partial charge in [-0.15, -0.1) is 0 Å². The number of ether oxygens (including phenoxy) is 1. The molecule has 0 aliphatic heterocycles. The molecular weight excluding hydrogens is 164 g/mol. The van der Waals surface area contributed by atoms with Crippen molar-refractivity contribution in [2.75, 3.05) is 13.2 Å². The van der Waals surface area contributed by atoms with Crippen LogP contribution in [-0.4, -0.2) is 19.0 Å². The van der Waals surface area contributed by atoms with Crippen LogP contribution in [0.25, 0.3) is 0 Å². The van der Waals surface area contributed by atoms with Gasteiger partial charge in [0.2, 0.25) is 0 Å². The molecular formula is C11H20O2. The summed E-state index contributed by atoms with van der Waals surface area (Å²) in [5.74, 6) is 0.168. The standard InChI is InChI=1S/C11H20O2/c1-4-6-10(3)7-8-13-9-11(12)5-2/h7H,4-6,8-9H2,1-3H3/b10-7+. The first-order valence-electron chi connectivity index (χ1n) is 4.95. The molecule has 76 valence electrons. The second kappa shape index (κ2) is 7.99. The van der Waals surface area contributed by atoms with Crippen LogP contribution in [0.15, 0.2) is 11.6 Å². The Kier molecular flexibility index (Phi) is 7.60. The van der Waals surface area contributed by atoms with Crippen LogP contribution in [0.3, 0.4) is 0 Å². The van der Waals surface area contributed by atoms with Crippen LogP contribution in [-0.2, 0) is 9.53 Å². The molecule has 2 nitrogen and oxygen atoms in total. The van der Waals surface area contributed by atoms with Crippen molar-refractivity contribution in [1.82, 2.24) is 0 Å². The average Bonchev–Trinajstić information content (AvgIpc) is 2.12. The zero-order valence-corrected chi connectivity index (χ0v) is 8.93. The summed E-state index contributed by atoms with van der Waals surface area (Å²) in [7, 11) is 0. The van der Waals surface area contributed by atoms with Gasteiger partial charge in [0.25, 0.3) is 0 Å². The first-order chi connectivity index (χ1) is 6.20. The number of Topliss-reactive ketones (excluding diaryl/α,β-unsaturated/α-hetero) is 1. The smallest absolute Gasteiger partial charge is 0.158 e. The lowest BCUT2D eigenvalue weighted by atomic mass is 10.2.